The van der Waals surface area contributed by atoms with E-state index in [1.807, 2.05) is 0 Å². The molecule has 1 N–H and O–H groups in total. The van der Waals surface area contributed by atoms with E-state index < -0.39 is 11.6 Å². The van der Waals surface area contributed by atoms with Crippen molar-refractivity contribution in [1.29, 1.82) is 0 Å². The standard InChI is InChI=1S/C17H25F2N/c1-3-7-20-17(13-6-5-12(4-2)8-13)14-9-15(18)11-16(19)10-14/h9-13,17,20H,3-8H2,1-2H3. The van der Waals surface area contributed by atoms with Crippen molar-refractivity contribution in [2.75, 3.05) is 6.54 Å². The van der Waals surface area contributed by atoms with Gasteiger partial charge in [-0.3, -0.25) is 0 Å². The summed E-state index contributed by atoms with van der Waals surface area (Å²) in [6, 6.07) is 3.99. The Morgan fingerprint density at radius 3 is 2.40 bits per heavy atom. The van der Waals surface area contributed by atoms with Gasteiger partial charge >= 0.3 is 0 Å². The van der Waals surface area contributed by atoms with Gasteiger partial charge in [0, 0.05) is 12.1 Å². The highest BCUT2D eigenvalue weighted by molar-refractivity contribution is 5.22. The van der Waals surface area contributed by atoms with Gasteiger partial charge in [0.1, 0.15) is 11.6 Å². The molecule has 1 aliphatic rings. The van der Waals surface area contributed by atoms with Gasteiger partial charge in [0.15, 0.2) is 0 Å². The second kappa shape index (κ2) is 7.16. The molecule has 1 saturated carbocycles. The lowest BCUT2D eigenvalue weighted by Gasteiger charge is -2.26. The third kappa shape index (κ3) is 3.78. The zero-order valence-electron chi connectivity index (χ0n) is 12.5. The first-order valence-electron chi connectivity index (χ1n) is 7.83. The van der Waals surface area contributed by atoms with Crippen molar-refractivity contribution in [3.63, 3.8) is 0 Å². The fraction of sp³-hybridized carbons (Fsp3) is 0.647. The first-order valence-corrected chi connectivity index (χ1v) is 7.83. The van der Waals surface area contributed by atoms with Gasteiger partial charge in [-0.05, 0) is 55.3 Å². The van der Waals surface area contributed by atoms with Gasteiger partial charge in [0.2, 0.25) is 0 Å². The summed E-state index contributed by atoms with van der Waals surface area (Å²) in [4.78, 5) is 0. The molecule has 3 heteroatoms. The second-order valence-electron chi connectivity index (χ2n) is 5.98. The van der Waals surface area contributed by atoms with E-state index in [9.17, 15) is 8.78 Å². The summed E-state index contributed by atoms with van der Waals surface area (Å²) in [6.45, 7) is 5.22. The maximum absolute atomic E-state index is 13.5. The Labute approximate surface area is 120 Å². The van der Waals surface area contributed by atoms with Crippen molar-refractivity contribution in [3.8, 4) is 0 Å². The topological polar surface area (TPSA) is 12.0 Å². The Hall–Kier alpha value is -0.960. The quantitative estimate of drug-likeness (QED) is 0.787. The van der Waals surface area contributed by atoms with Gasteiger partial charge in [-0.1, -0.05) is 26.7 Å². The minimum atomic E-state index is -0.478. The summed E-state index contributed by atoms with van der Waals surface area (Å²) in [6.07, 6.45) is 5.78. The van der Waals surface area contributed by atoms with Crippen molar-refractivity contribution in [3.05, 3.63) is 35.4 Å². The monoisotopic (exact) mass is 281 g/mol. The molecule has 1 aromatic rings. The molecule has 0 radical (unpaired) electrons. The number of hydrogen-bond donors (Lipinski definition) is 1. The highest BCUT2D eigenvalue weighted by Crippen LogP contribution is 2.40. The molecule has 1 nitrogen and oxygen atoms in total. The molecule has 0 spiro atoms. The van der Waals surface area contributed by atoms with E-state index in [1.165, 1.54) is 25.0 Å². The molecule has 0 aromatic heterocycles. The second-order valence-corrected chi connectivity index (χ2v) is 5.98. The minimum Gasteiger partial charge on any atom is -0.310 e. The molecule has 1 aliphatic carbocycles. The summed E-state index contributed by atoms with van der Waals surface area (Å²) >= 11 is 0. The van der Waals surface area contributed by atoms with E-state index in [0.717, 1.165) is 43.4 Å². The summed E-state index contributed by atoms with van der Waals surface area (Å²) in [7, 11) is 0. The molecule has 2 rings (SSSR count). The molecule has 0 amide bonds. The first-order chi connectivity index (χ1) is 9.63. The Morgan fingerprint density at radius 2 is 1.85 bits per heavy atom. The zero-order valence-corrected chi connectivity index (χ0v) is 12.5. The van der Waals surface area contributed by atoms with E-state index in [0.29, 0.717) is 5.92 Å². The molecule has 1 aromatic carbocycles. The van der Waals surface area contributed by atoms with Crippen LogP contribution in [0.4, 0.5) is 8.78 Å². The van der Waals surface area contributed by atoms with E-state index in [1.54, 1.807) is 0 Å². The van der Waals surface area contributed by atoms with Gasteiger partial charge in [0.25, 0.3) is 0 Å². The lowest BCUT2D eigenvalue weighted by molar-refractivity contribution is 0.352. The average molecular weight is 281 g/mol. The lowest BCUT2D eigenvalue weighted by atomic mass is 9.90. The third-order valence-electron chi connectivity index (χ3n) is 4.49. The smallest absolute Gasteiger partial charge is 0.126 e. The predicted octanol–water partition coefficient (Wildman–Crippen LogP) is 4.83. The van der Waals surface area contributed by atoms with Crippen LogP contribution in [-0.4, -0.2) is 6.54 Å². The summed E-state index contributed by atoms with van der Waals surface area (Å²) in [5, 5.41) is 3.49. The molecule has 0 bridgehead atoms. The van der Waals surface area contributed by atoms with Crippen LogP contribution in [0, 0.1) is 23.5 Å². The maximum atomic E-state index is 13.5. The van der Waals surface area contributed by atoms with Crippen LogP contribution < -0.4 is 5.32 Å². The largest absolute Gasteiger partial charge is 0.310 e. The third-order valence-corrected chi connectivity index (χ3v) is 4.49. The molecule has 3 atom stereocenters. The van der Waals surface area contributed by atoms with Crippen LogP contribution >= 0.6 is 0 Å². The molecule has 3 unspecified atom stereocenters. The highest BCUT2D eigenvalue weighted by Gasteiger charge is 2.31. The van der Waals surface area contributed by atoms with Crippen LogP contribution in [0.5, 0.6) is 0 Å². The highest BCUT2D eigenvalue weighted by atomic mass is 19.1. The van der Waals surface area contributed by atoms with Crippen LogP contribution in [0.25, 0.3) is 0 Å². The van der Waals surface area contributed by atoms with E-state index in [2.05, 4.69) is 19.2 Å². The van der Waals surface area contributed by atoms with E-state index in [-0.39, 0.29) is 6.04 Å². The summed E-state index contributed by atoms with van der Waals surface area (Å²) in [5.74, 6) is 0.304. The zero-order chi connectivity index (χ0) is 14.5. The van der Waals surface area contributed by atoms with Gasteiger partial charge in [-0.2, -0.15) is 0 Å². The average Bonchev–Trinajstić information content (AvgIpc) is 2.87. The van der Waals surface area contributed by atoms with Gasteiger partial charge in [0.05, 0.1) is 0 Å². The number of benzene rings is 1. The normalized spacial score (nSPS) is 24.0. The van der Waals surface area contributed by atoms with Crippen LogP contribution in [0.1, 0.15) is 57.6 Å². The van der Waals surface area contributed by atoms with Crippen LogP contribution in [-0.2, 0) is 0 Å². The fourth-order valence-electron chi connectivity index (χ4n) is 3.40. The Balaban J connectivity index is 2.18. The SMILES string of the molecule is CCCNC(c1cc(F)cc(F)c1)C1CCC(CC)C1. The molecule has 0 saturated heterocycles. The molecule has 1 fully saturated rings. The Morgan fingerprint density at radius 1 is 1.15 bits per heavy atom. The van der Waals surface area contributed by atoms with E-state index >= 15 is 0 Å². The molecule has 0 heterocycles. The lowest BCUT2D eigenvalue weighted by Crippen LogP contribution is -2.28. The summed E-state index contributed by atoms with van der Waals surface area (Å²) in [5.41, 5.74) is 0.762. The van der Waals surface area contributed by atoms with E-state index in [4.69, 9.17) is 0 Å². The Bertz CT molecular complexity index is 413. The van der Waals surface area contributed by atoms with Crippen molar-refractivity contribution in [2.45, 2.75) is 52.0 Å². The van der Waals surface area contributed by atoms with Crippen molar-refractivity contribution >= 4 is 0 Å². The van der Waals surface area contributed by atoms with Gasteiger partial charge < -0.3 is 5.32 Å². The Kier molecular flexibility index (Phi) is 5.53. The van der Waals surface area contributed by atoms with Crippen molar-refractivity contribution in [1.82, 2.24) is 5.32 Å². The van der Waals surface area contributed by atoms with Crippen LogP contribution in [0.15, 0.2) is 18.2 Å². The predicted molar refractivity (Wildman–Crippen MR) is 78.5 cm³/mol. The van der Waals surface area contributed by atoms with Crippen LogP contribution in [0.3, 0.4) is 0 Å². The maximum Gasteiger partial charge on any atom is 0.126 e. The number of nitrogens with one attached hydrogen (secondary N) is 1. The van der Waals surface area contributed by atoms with Crippen molar-refractivity contribution < 1.29 is 8.78 Å². The first kappa shape index (κ1) is 15.4. The van der Waals surface area contributed by atoms with Crippen molar-refractivity contribution in [2.24, 2.45) is 11.8 Å². The molecule has 0 aliphatic heterocycles. The van der Waals surface area contributed by atoms with Gasteiger partial charge in [-0.25, -0.2) is 8.78 Å². The van der Waals surface area contributed by atoms with Crippen LogP contribution in [0.2, 0.25) is 0 Å². The minimum absolute atomic E-state index is 0.0803. The fourth-order valence-corrected chi connectivity index (χ4v) is 3.40. The number of rotatable bonds is 6. The number of hydrogen-bond acceptors (Lipinski definition) is 1. The molecular formula is C17H25F2N. The molecule has 112 valence electrons. The number of halogens is 2. The van der Waals surface area contributed by atoms with Gasteiger partial charge in [-0.15, -0.1) is 0 Å². The molecular weight excluding hydrogens is 256 g/mol. The molecule has 20 heavy (non-hydrogen) atoms. The summed E-state index contributed by atoms with van der Waals surface area (Å²) < 4.78 is 26.9.